The second-order valence-electron chi connectivity index (χ2n) is 8.76. The lowest BCUT2D eigenvalue weighted by molar-refractivity contribution is -0.142. The minimum Gasteiger partial charge on any atom is -0.368 e. The zero-order valence-electron chi connectivity index (χ0n) is 19.0. The second-order valence-corrected chi connectivity index (χ2v) is 10.8. The lowest BCUT2D eigenvalue weighted by Gasteiger charge is -2.30. The van der Waals surface area contributed by atoms with Gasteiger partial charge in [0.25, 0.3) is 5.91 Å². The first-order chi connectivity index (χ1) is 16.6. The zero-order chi connectivity index (χ0) is 25.3. The van der Waals surface area contributed by atoms with E-state index in [4.69, 9.17) is 4.74 Å². The maximum Gasteiger partial charge on any atom is 0.252 e. The van der Waals surface area contributed by atoms with Crippen LogP contribution in [-0.2, 0) is 26.0 Å². The van der Waals surface area contributed by atoms with Gasteiger partial charge in [0.2, 0.25) is 10.0 Å². The van der Waals surface area contributed by atoms with Gasteiger partial charge in [0, 0.05) is 18.2 Å². The van der Waals surface area contributed by atoms with Crippen molar-refractivity contribution in [3.63, 3.8) is 0 Å². The van der Waals surface area contributed by atoms with E-state index in [1.807, 2.05) is 0 Å². The molecule has 1 N–H and O–H groups in total. The van der Waals surface area contributed by atoms with Gasteiger partial charge in [-0.15, -0.1) is 0 Å². The molecular formula is C24H26F4N2O4S. The van der Waals surface area contributed by atoms with E-state index in [1.165, 1.54) is 30.0 Å². The van der Waals surface area contributed by atoms with Gasteiger partial charge in [0.15, 0.2) is 0 Å². The summed E-state index contributed by atoms with van der Waals surface area (Å²) in [5.74, 6) is -3.30. The Hall–Kier alpha value is -2.50. The minimum absolute atomic E-state index is 0.0211. The minimum atomic E-state index is -3.84. The number of carbonyl (C=O) groups excluding carboxylic acids is 1. The predicted octanol–water partition coefficient (Wildman–Crippen LogP) is 3.35. The summed E-state index contributed by atoms with van der Waals surface area (Å²) in [6, 6.07) is 4.58. The molecule has 4 rings (SSSR count). The Morgan fingerprint density at radius 1 is 1.17 bits per heavy atom. The molecule has 0 saturated carbocycles. The molecule has 0 aliphatic carbocycles. The molecule has 190 valence electrons. The second kappa shape index (κ2) is 10.2. The maximum absolute atomic E-state index is 15.5. The van der Waals surface area contributed by atoms with E-state index in [0.717, 1.165) is 12.1 Å². The van der Waals surface area contributed by atoms with Crippen LogP contribution in [0, 0.1) is 17.5 Å². The number of halogens is 4. The quantitative estimate of drug-likeness (QED) is 0.576. The topological polar surface area (TPSA) is 75.7 Å². The van der Waals surface area contributed by atoms with Crippen LogP contribution in [0.25, 0.3) is 11.1 Å². The number of benzene rings is 2. The van der Waals surface area contributed by atoms with Crippen LogP contribution in [0.5, 0.6) is 0 Å². The average molecular weight is 515 g/mol. The van der Waals surface area contributed by atoms with Crippen molar-refractivity contribution in [2.75, 3.05) is 18.9 Å². The summed E-state index contributed by atoms with van der Waals surface area (Å²) in [6.45, 7) is 1.42. The number of carbonyl (C=O) groups is 1. The van der Waals surface area contributed by atoms with E-state index in [2.05, 4.69) is 4.72 Å². The zero-order valence-corrected chi connectivity index (χ0v) is 19.8. The molecule has 2 fully saturated rings. The van der Waals surface area contributed by atoms with Crippen molar-refractivity contribution in [2.24, 2.45) is 0 Å². The molecule has 6 nitrogen and oxygen atoms in total. The van der Waals surface area contributed by atoms with Crippen LogP contribution >= 0.6 is 0 Å². The highest BCUT2D eigenvalue weighted by molar-refractivity contribution is 7.89. The van der Waals surface area contributed by atoms with Crippen LogP contribution in [-0.4, -0.2) is 62.5 Å². The molecule has 0 bridgehead atoms. The SMILES string of the molecule is CCS(=O)(=O)N[C@H]1[C@@H](F)CN(C(=O)[C@H]2CCCO2)[C@H]1Cc1cccc(-c2cc(F)cc(F)c2)c1F. The van der Waals surface area contributed by atoms with Crippen LogP contribution in [0.15, 0.2) is 36.4 Å². The third-order valence-corrected chi connectivity index (χ3v) is 7.83. The van der Waals surface area contributed by atoms with Crippen molar-refractivity contribution in [1.82, 2.24) is 9.62 Å². The van der Waals surface area contributed by atoms with Crippen LogP contribution < -0.4 is 4.72 Å². The summed E-state index contributed by atoms with van der Waals surface area (Å²) in [5, 5.41) is 0. The average Bonchev–Trinajstić information content (AvgIpc) is 3.44. The molecule has 0 spiro atoms. The molecule has 2 saturated heterocycles. The van der Waals surface area contributed by atoms with Gasteiger partial charge < -0.3 is 9.64 Å². The molecule has 2 heterocycles. The Kier molecular flexibility index (Phi) is 7.48. The molecule has 2 aliphatic heterocycles. The standard InChI is InChI=1S/C24H26F4N2O4S/c1-2-35(32,33)29-23-19(27)13-30(24(31)21-7-4-8-34-21)20(23)11-14-5-3-6-18(22(14)28)15-9-16(25)12-17(26)10-15/h3,5-6,9-10,12,19-21,23,29H,2,4,7-8,11,13H2,1H3/t19-,20-,21+,23-/m0/s1. The van der Waals surface area contributed by atoms with Gasteiger partial charge in [-0.05, 0) is 49.4 Å². The van der Waals surface area contributed by atoms with Crippen LogP contribution in [0.4, 0.5) is 17.6 Å². The van der Waals surface area contributed by atoms with Crippen molar-refractivity contribution in [3.8, 4) is 11.1 Å². The number of amides is 1. The fourth-order valence-corrected chi connectivity index (χ4v) is 5.54. The molecule has 1 amide bonds. The summed E-state index contributed by atoms with van der Waals surface area (Å²) in [4.78, 5) is 14.3. The molecule has 0 unspecified atom stereocenters. The number of rotatable bonds is 7. The molecule has 0 aromatic heterocycles. The molecule has 4 atom stereocenters. The fourth-order valence-electron chi connectivity index (χ4n) is 4.66. The Balaban J connectivity index is 1.70. The third-order valence-electron chi connectivity index (χ3n) is 6.44. The number of hydrogen-bond acceptors (Lipinski definition) is 4. The van der Waals surface area contributed by atoms with Crippen molar-refractivity contribution in [2.45, 2.75) is 50.5 Å². The summed E-state index contributed by atoms with van der Waals surface area (Å²) in [6.07, 6.45) is -1.57. The summed E-state index contributed by atoms with van der Waals surface area (Å²) < 4.78 is 90.3. The Bertz CT molecular complexity index is 1180. The van der Waals surface area contributed by atoms with E-state index < -0.39 is 57.7 Å². The molecular weight excluding hydrogens is 488 g/mol. The van der Waals surface area contributed by atoms with Crippen molar-refractivity contribution < 1.29 is 35.5 Å². The highest BCUT2D eigenvalue weighted by Crippen LogP contribution is 2.32. The third kappa shape index (κ3) is 5.52. The van der Waals surface area contributed by atoms with Gasteiger partial charge in [0.05, 0.1) is 24.4 Å². The number of likely N-dealkylation sites (tertiary alicyclic amines) is 1. The number of hydrogen-bond donors (Lipinski definition) is 1. The Morgan fingerprint density at radius 3 is 2.51 bits per heavy atom. The van der Waals surface area contributed by atoms with Crippen LogP contribution in [0.3, 0.4) is 0 Å². The lowest BCUT2D eigenvalue weighted by Crippen LogP contribution is -2.51. The number of nitrogens with one attached hydrogen (secondary N) is 1. The maximum atomic E-state index is 15.5. The first kappa shape index (κ1) is 25.6. The highest BCUT2D eigenvalue weighted by atomic mass is 32.2. The molecule has 0 radical (unpaired) electrons. The molecule has 2 aliphatic rings. The summed E-state index contributed by atoms with van der Waals surface area (Å²) in [7, 11) is -3.84. The van der Waals surface area contributed by atoms with E-state index in [0.29, 0.717) is 25.5 Å². The van der Waals surface area contributed by atoms with E-state index in [-0.39, 0.29) is 35.4 Å². The van der Waals surface area contributed by atoms with Gasteiger partial charge in [0.1, 0.15) is 29.7 Å². The smallest absolute Gasteiger partial charge is 0.252 e. The van der Waals surface area contributed by atoms with Crippen molar-refractivity contribution in [1.29, 1.82) is 0 Å². The number of alkyl halides is 1. The normalized spacial score (nSPS) is 24.8. The van der Waals surface area contributed by atoms with Gasteiger partial charge >= 0.3 is 0 Å². The predicted molar refractivity (Wildman–Crippen MR) is 121 cm³/mol. The number of ether oxygens (including phenoxy) is 1. The first-order valence-corrected chi connectivity index (χ1v) is 13.0. The van der Waals surface area contributed by atoms with Gasteiger partial charge in [-0.3, -0.25) is 4.79 Å². The highest BCUT2D eigenvalue weighted by Gasteiger charge is 2.47. The lowest BCUT2D eigenvalue weighted by atomic mass is 9.95. The van der Waals surface area contributed by atoms with Crippen LogP contribution in [0.2, 0.25) is 0 Å². The Labute approximate surface area is 201 Å². The first-order valence-electron chi connectivity index (χ1n) is 11.4. The fraction of sp³-hybridized carbons (Fsp3) is 0.458. The van der Waals surface area contributed by atoms with Crippen molar-refractivity contribution >= 4 is 15.9 Å². The van der Waals surface area contributed by atoms with Gasteiger partial charge in [-0.1, -0.05) is 18.2 Å². The van der Waals surface area contributed by atoms with Gasteiger partial charge in [-0.25, -0.2) is 30.7 Å². The number of sulfonamides is 1. The molecule has 2 aromatic rings. The van der Waals surface area contributed by atoms with E-state index in [9.17, 15) is 22.0 Å². The molecule has 35 heavy (non-hydrogen) atoms. The summed E-state index contributed by atoms with van der Waals surface area (Å²) in [5.41, 5.74) is -0.0392. The molecule has 11 heteroatoms. The Morgan fingerprint density at radius 2 is 1.89 bits per heavy atom. The van der Waals surface area contributed by atoms with E-state index >= 15 is 8.78 Å². The van der Waals surface area contributed by atoms with Crippen LogP contribution in [0.1, 0.15) is 25.3 Å². The monoisotopic (exact) mass is 514 g/mol. The van der Waals surface area contributed by atoms with Crippen molar-refractivity contribution in [3.05, 3.63) is 59.4 Å². The van der Waals surface area contributed by atoms with E-state index in [1.54, 1.807) is 0 Å². The number of nitrogens with zero attached hydrogens (tertiary/aromatic N) is 1. The summed E-state index contributed by atoms with van der Waals surface area (Å²) >= 11 is 0. The largest absolute Gasteiger partial charge is 0.368 e. The molecule has 2 aromatic carbocycles. The van der Waals surface area contributed by atoms with Gasteiger partial charge in [-0.2, -0.15) is 0 Å².